The number of thiazole rings is 1. The molecule has 0 radical (unpaired) electrons. The van der Waals surface area contributed by atoms with Crippen molar-refractivity contribution in [2.75, 3.05) is 0 Å². The van der Waals surface area contributed by atoms with E-state index in [1.54, 1.807) is 12.1 Å². The molecule has 1 heterocycles. The van der Waals surface area contributed by atoms with Gasteiger partial charge in [0.1, 0.15) is 5.82 Å². The molecule has 0 aliphatic heterocycles. The van der Waals surface area contributed by atoms with Gasteiger partial charge in [0.05, 0.1) is 15.6 Å². The van der Waals surface area contributed by atoms with E-state index in [-0.39, 0.29) is 11.6 Å². The number of carbonyl (C=O) groups excluding carboxylic acids is 1. The average Bonchev–Trinajstić information content (AvgIpc) is 2.60. The first kappa shape index (κ1) is 11.0. The zero-order valence-electron chi connectivity index (χ0n) is 8.95. The number of benzene rings is 1. The summed E-state index contributed by atoms with van der Waals surface area (Å²) >= 11 is 1.34. The first-order valence-electron chi connectivity index (χ1n) is 4.82. The van der Waals surface area contributed by atoms with Crippen LogP contribution in [0.15, 0.2) is 24.3 Å². The molecular weight excluding hydrogens is 225 g/mol. The van der Waals surface area contributed by atoms with Gasteiger partial charge in [-0.25, -0.2) is 9.37 Å². The fourth-order valence-electron chi connectivity index (χ4n) is 1.50. The van der Waals surface area contributed by atoms with E-state index in [1.165, 1.54) is 30.4 Å². The normalized spacial score (nSPS) is 10.4. The molecule has 2 aromatic rings. The van der Waals surface area contributed by atoms with Crippen LogP contribution in [0.4, 0.5) is 4.39 Å². The van der Waals surface area contributed by atoms with E-state index in [4.69, 9.17) is 0 Å². The molecule has 0 aliphatic carbocycles. The van der Waals surface area contributed by atoms with Crippen LogP contribution in [0.2, 0.25) is 0 Å². The zero-order valence-corrected chi connectivity index (χ0v) is 9.77. The summed E-state index contributed by atoms with van der Waals surface area (Å²) < 4.78 is 13.1. The standard InChI is InChI=1S/C12H10FNOS/c1-7(15)12-11(14-8(2)16-12)9-4-3-5-10(13)6-9/h3-6H,1-2H3. The van der Waals surface area contributed by atoms with E-state index >= 15 is 0 Å². The van der Waals surface area contributed by atoms with Crippen LogP contribution in [0.5, 0.6) is 0 Å². The van der Waals surface area contributed by atoms with Crippen LogP contribution < -0.4 is 0 Å². The van der Waals surface area contributed by atoms with Gasteiger partial charge in [-0.1, -0.05) is 12.1 Å². The van der Waals surface area contributed by atoms with Gasteiger partial charge in [0, 0.05) is 12.5 Å². The number of aryl methyl sites for hydroxylation is 1. The number of aromatic nitrogens is 1. The lowest BCUT2D eigenvalue weighted by atomic mass is 10.1. The second-order valence-corrected chi connectivity index (χ2v) is 4.68. The van der Waals surface area contributed by atoms with Crippen molar-refractivity contribution in [3.05, 3.63) is 40.0 Å². The van der Waals surface area contributed by atoms with Gasteiger partial charge in [0.25, 0.3) is 0 Å². The average molecular weight is 235 g/mol. The summed E-state index contributed by atoms with van der Waals surface area (Å²) in [6, 6.07) is 6.13. The van der Waals surface area contributed by atoms with Crippen LogP contribution in [0.3, 0.4) is 0 Å². The van der Waals surface area contributed by atoms with Gasteiger partial charge >= 0.3 is 0 Å². The second kappa shape index (κ2) is 4.14. The molecule has 0 bridgehead atoms. The SMILES string of the molecule is CC(=O)c1sc(C)nc1-c1cccc(F)c1. The van der Waals surface area contributed by atoms with Crippen LogP contribution in [0.25, 0.3) is 11.3 Å². The zero-order chi connectivity index (χ0) is 11.7. The molecule has 1 aromatic carbocycles. The predicted octanol–water partition coefficient (Wildman–Crippen LogP) is 3.46. The number of halogens is 1. The number of ketones is 1. The molecule has 0 N–H and O–H groups in total. The highest BCUT2D eigenvalue weighted by Gasteiger charge is 2.14. The van der Waals surface area contributed by atoms with Crippen LogP contribution in [-0.2, 0) is 0 Å². The van der Waals surface area contributed by atoms with Crippen molar-refractivity contribution in [1.82, 2.24) is 4.98 Å². The fraction of sp³-hybridized carbons (Fsp3) is 0.167. The molecule has 16 heavy (non-hydrogen) atoms. The van der Waals surface area contributed by atoms with Crippen molar-refractivity contribution in [2.45, 2.75) is 13.8 Å². The summed E-state index contributed by atoms with van der Waals surface area (Å²) in [5.41, 5.74) is 1.23. The topological polar surface area (TPSA) is 30.0 Å². The number of carbonyl (C=O) groups is 1. The quantitative estimate of drug-likeness (QED) is 0.746. The number of nitrogens with zero attached hydrogens (tertiary/aromatic N) is 1. The van der Waals surface area contributed by atoms with Crippen molar-refractivity contribution in [2.24, 2.45) is 0 Å². The molecule has 2 rings (SSSR count). The fourth-order valence-corrected chi connectivity index (χ4v) is 2.33. The van der Waals surface area contributed by atoms with Crippen LogP contribution >= 0.6 is 11.3 Å². The molecule has 0 saturated heterocycles. The molecule has 4 heteroatoms. The Labute approximate surface area is 96.8 Å². The predicted molar refractivity (Wildman–Crippen MR) is 62.2 cm³/mol. The third kappa shape index (κ3) is 2.02. The van der Waals surface area contributed by atoms with Gasteiger partial charge in [-0.05, 0) is 19.1 Å². The lowest BCUT2D eigenvalue weighted by Crippen LogP contribution is -1.92. The van der Waals surface area contributed by atoms with E-state index in [0.29, 0.717) is 16.1 Å². The lowest BCUT2D eigenvalue weighted by molar-refractivity contribution is 0.102. The molecule has 0 aliphatic rings. The lowest BCUT2D eigenvalue weighted by Gasteiger charge is -1.99. The Balaban J connectivity index is 2.59. The molecule has 1 aromatic heterocycles. The van der Waals surface area contributed by atoms with Gasteiger partial charge in [0.2, 0.25) is 0 Å². The molecule has 0 amide bonds. The largest absolute Gasteiger partial charge is 0.294 e. The van der Waals surface area contributed by atoms with Gasteiger partial charge in [-0.15, -0.1) is 11.3 Å². The van der Waals surface area contributed by atoms with E-state index in [0.717, 1.165) is 5.01 Å². The van der Waals surface area contributed by atoms with E-state index in [2.05, 4.69) is 4.98 Å². The third-order valence-electron chi connectivity index (χ3n) is 2.15. The minimum atomic E-state index is -0.322. The maximum atomic E-state index is 13.1. The summed E-state index contributed by atoms with van der Waals surface area (Å²) in [4.78, 5) is 16.3. The molecule has 0 spiro atoms. The van der Waals surface area contributed by atoms with Crippen molar-refractivity contribution in [3.8, 4) is 11.3 Å². The van der Waals surface area contributed by atoms with Crippen LogP contribution in [0, 0.1) is 12.7 Å². The Hall–Kier alpha value is -1.55. The molecular formula is C12H10FNOS. The van der Waals surface area contributed by atoms with E-state index in [9.17, 15) is 9.18 Å². The molecule has 82 valence electrons. The van der Waals surface area contributed by atoms with Crippen molar-refractivity contribution in [3.63, 3.8) is 0 Å². The van der Waals surface area contributed by atoms with Gasteiger partial charge in [-0.2, -0.15) is 0 Å². The summed E-state index contributed by atoms with van der Waals surface area (Å²) in [5, 5.41) is 0.810. The van der Waals surface area contributed by atoms with Crippen molar-refractivity contribution >= 4 is 17.1 Å². The highest BCUT2D eigenvalue weighted by atomic mass is 32.1. The number of rotatable bonds is 2. The van der Waals surface area contributed by atoms with Crippen LogP contribution in [-0.4, -0.2) is 10.8 Å². The molecule has 0 fully saturated rings. The smallest absolute Gasteiger partial charge is 0.172 e. The Kier molecular flexibility index (Phi) is 2.83. The summed E-state index contributed by atoms with van der Waals surface area (Å²) in [5.74, 6) is -0.359. The monoisotopic (exact) mass is 235 g/mol. The first-order valence-corrected chi connectivity index (χ1v) is 5.64. The molecule has 0 atom stereocenters. The van der Waals surface area contributed by atoms with E-state index in [1.807, 2.05) is 6.92 Å². The third-order valence-corrected chi connectivity index (χ3v) is 3.22. The second-order valence-electron chi connectivity index (χ2n) is 3.48. The Morgan fingerprint density at radius 1 is 1.44 bits per heavy atom. The van der Waals surface area contributed by atoms with Gasteiger partial charge in [0.15, 0.2) is 5.78 Å². The highest BCUT2D eigenvalue weighted by molar-refractivity contribution is 7.14. The van der Waals surface area contributed by atoms with Gasteiger partial charge < -0.3 is 0 Å². The Morgan fingerprint density at radius 3 is 2.81 bits per heavy atom. The summed E-state index contributed by atoms with van der Waals surface area (Å²) in [6.07, 6.45) is 0. The maximum Gasteiger partial charge on any atom is 0.172 e. The summed E-state index contributed by atoms with van der Waals surface area (Å²) in [6.45, 7) is 3.33. The molecule has 2 nitrogen and oxygen atoms in total. The summed E-state index contributed by atoms with van der Waals surface area (Å²) in [7, 11) is 0. The Morgan fingerprint density at radius 2 is 2.19 bits per heavy atom. The Bertz CT molecular complexity index is 548. The minimum absolute atomic E-state index is 0.0372. The van der Waals surface area contributed by atoms with E-state index < -0.39 is 0 Å². The minimum Gasteiger partial charge on any atom is -0.294 e. The first-order chi connectivity index (χ1) is 7.58. The number of hydrogen-bond acceptors (Lipinski definition) is 3. The maximum absolute atomic E-state index is 13.1. The van der Waals surface area contributed by atoms with Crippen molar-refractivity contribution < 1.29 is 9.18 Å². The van der Waals surface area contributed by atoms with Crippen LogP contribution in [0.1, 0.15) is 21.6 Å². The highest BCUT2D eigenvalue weighted by Crippen LogP contribution is 2.28. The number of Topliss-reactive ketones (excluding diaryl/α,β-unsaturated/α-hetero) is 1. The van der Waals surface area contributed by atoms with Gasteiger partial charge in [-0.3, -0.25) is 4.79 Å². The van der Waals surface area contributed by atoms with Crippen molar-refractivity contribution in [1.29, 1.82) is 0 Å². The number of hydrogen-bond donors (Lipinski definition) is 0. The molecule has 0 unspecified atom stereocenters. The molecule has 0 saturated carbocycles.